The topological polar surface area (TPSA) is 55.4 Å². The van der Waals surface area contributed by atoms with Gasteiger partial charge in [0.1, 0.15) is 10.7 Å². The average Bonchev–Trinajstić information content (AvgIpc) is 2.79. The second-order valence-electron chi connectivity index (χ2n) is 3.98. The van der Waals surface area contributed by atoms with Crippen molar-refractivity contribution in [3.8, 4) is 0 Å². The van der Waals surface area contributed by atoms with Gasteiger partial charge < -0.3 is 10.1 Å². The molecule has 0 radical (unpaired) electrons. The molecule has 0 aliphatic carbocycles. The molecule has 0 fully saturated rings. The van der Waals surface area contributed by atoms with Crippen LogP contribution in [0, 0.1) is 5.82 Å². The number of carbonyl (C=O) groups excluding carboxylic acids is 2. The molecule has 22 heavy (non-hydrogen) atoms. The van der Waals surface area contributed by atoms with Crippen molar-refractivity contribution in [3.63, 3.8) is 0 Å². The number of amides is 1. The van der Waals surface area contributed by atoms with E-state index in [1.165, 1.54) is 17.4 Å². The smallest absolute Gasteiger partial charge is 0.348 e. The monoisotopic (exact) mass is 469 g/mol. The van der Waals surface area contributed by atoms with Crippen LogP contribution in [-0.4, -0.2) is 18.5 Å². The standard InChI is InChI=1S/C13H7Br2ClFNO3S/c14-7-4-10(22-12(7)15)13(20)21-5-11(19)18-9-2-1-6(17)3-8(9)16/h1-4H,5H2,(H,18,19). The minimum Gasteiger partial charge on any atom is -0.451 e. The number of benzene rings is 1. The van der Waals surface area contributed by atoms with Crippen molar-refractivity contribution in [1.29, 1.82) is 0 Å². The molecular formula is C13H7Br2ClFNO3S. The van der Waals surface area contributed by atoms with Crippen LogP contribution < -0.4 is 5.32 Å². The van der Waals surface area contributed by atoms with E-state index in [2.05, 4.69) is 37.2 Å². The average molecular weight is 472 g/mol. The minimum absolute atomic E-state index is 0.0609. The zero-order valence-electron chi connectivity index (χ0n) is 10.7. The van der Waals surface area contributed by atoms with E-state index < -0.39 is 24.3 Å². The van der Waals surface area contributed by atoms with Crippen LogP contribution in [0.2, 0.25) is 5.02 Å². The molecule has 1 heterocycles. The molecule has 4 nitrogen and oxygen atoms in total. The Morgan fingerprint density at radius 1 is 1.32 bits per heavy atom. The van der Waals surface area contributed by atoms with Gasteiger partial charge in [-0.15, -0.1) is 11.3 Å². The fraction of sp³-hybridized carbons (Fsp3) is 0.0769. The van der Waals surface area contributed by atoms with E-state index in [0.29, 0.717) is 4.88 Å². The Morgan fingerprint density at radius 2 is 2.05 bits per heavy atom. The lowest BCUT2D eigenvalue weighted by Crippen LogP contribution is -2.20. The molecule has 0 atom stereocenters. The van der Waals surface area contributed by atoms with E-state index in [1.54, 1.807) is 6.07 Å². The molecule has 0 aliphatic rings. The summed E-state index contributed by atoms with van der Waals surface area (Å²) < 4.78 is 19.3. The molecule has 0 spiro atoms. The Labute approximate surface area is 150 Å². The summed E-state index contributed by atoms with van der Waals surface area (Å²) in [7, 11) is 0. The first-order chi connectivity index (χ1) is 10.4. The first-order valence-electron chi connectivity index (χ1n) is 5.73. The summed E-state index contributed by atoms with van der Waals surface area (Å²) in [5, 5.41) is 2.49. The van der Waals surface area contributed by atoms with E-state index in [0.717, 1.165) is 20.4 Å². The van der Waals surface area contributed by atoms with Gasteiger partial charge in [-0.3, -0.25) is 4.79 Å². The summed E-state index contributed by atoms with van der Waals surface area (Å²) in [5.74, 6) is -1.70. The first-order valence-corrected chi connectivity index (χ1v) is 8.51. The van der Waals surface area contributed by atoms with Gasteiger partial charge in [0.25, 0.3) is 5.91 Å². The van der Waals surface area contributed by atoms with Gasteiger partial charge in [-0.1, -0.05) is 11.6 Å². The van der Waals surface area contributed by atoms with Gasteiger partial charge >= 0.3 is 5.97 Å². The third-order valence-corrected chi connectivity index (χ3v) is 5.93. The third-order valence-electron chi connectivity index (χ3n) is 2.39. The van der Waals surface area contributed by atoms with Gasteiger partial charge in [-0.2, -0.15) is 0 Å². The van der Waals surface area contributed by atoms with E-state index in [9.17, 15) is 14.0 Å². The molecule has 1 N–H and O–H groups in total. The summed E-state index contributed by atoms with van der Waals surface area (Å²) in [6.45, 7) is -0.473. The molecule has 9 heteroatoms. The van der Waals surface area contributed by atoms with Crippen molar-refractivity contribution < 1.29 is 18.7 Å². The zero-order chi connectivity index (χ0) is 16.3. The minimum atomic E-state index is -0.614. The van der Waals surface area contributed by atoms with Crippen LogP contribution in [-0.2, 0) is 9.53 Å². The fourth-order valence-electron chi connectivity index (χ4n) is 1.43. The lowest BCUT2D eigenvalue weighted by atomic mass is 10.3. The quantitative estimate of drug-likeness (QED) is 0.648. The highest BCUT2D eigenvalue weighted by Gasteiger charge is 2.15. The van der Waals surface area contributed by atoms with Gasteiger partial charge in [-0.05, 0) is 56.1 Å². The van der Waals surface area contributed by atoms with E-state index in [-0.39, 0.29) is 10.7 Å². The number of ether oxygens (including phenoxy) is 1. The maximum atomic E-state index is 12.9. The molecule has 2 rings (SSSR count). The number of rotatable bonds is 4. The third kappa shape index (κ3) is 4.52. The molecule has 0 saturated carbocycles. The second kappa shape index (κ2) is 7.54. The molecule has 1 amide bonds. The number of nitrogens with one attached hydrogen (secondary N) is 1. The number of anilines is 1. The number of halogens is 4. The highest BCUT2D eigenvalue weighted by molar-refractivity contribution is 9.13. The van der Waals surface area contributed by atoms with Gasteiger partial charge in [0.15, 0.2) is 6.61 Å². The van der Waals surface area contributed by atoms with Gasteiger partial charge in [0.2, 0.25) is 0 Å². The van der Waals surface area contributed by atoms with Crippen LogP contribution in [0.1, 0.15) is 9.67 Å². The molecule has 2 aromatic rings. The van der Waals surface area contributed by atoms with Crippen molar-refractivity contribution >= 4 is 72.4 Å². The molecule has 0 aliphatic heterocycles. The Balaban J connectivity index is 1.91. The number of hydrogen-bond donors (Lipinski definition) is 1. The Morgan fingerprint density at radius 3 is 2.64 bits per heavy atom. The molecule has 0 unspecified atom stereocenters. The van der Waals surface area contributed by atoms with Crippen molar-refractivity contribution in [1.82, 2.24) is 0 Å². The van der Waals surface area contributed by atoms with E-state index in [4.69, 9.17) is 16.3 Å². The molecule has 1 aromatic heterocycles. The predicted octanol–water partition coefficient (Wildman–Crippen LogP) is 4.86. The number of thiophene rings is 1. The van der Waals surface area contributed by atoms with E-state index >= 15 is 0 Å². The number of esters is 1. The maximum absolute atomic E-state index is 12.9. The Kier molecular flexibility index (Phi) is 5.96. The van der Waals surface area contributed by atoms with Crippen LogP contribution in [0.5, 0.6) is 0 Å². The summed E-state index contributed by atoms with van der Waals surface area (Å²) in [4.78, 5) is 23.8. The van der Waals surface area contributed by atoms with Gasteiger partial charge in [-0.25, -0.2) is 9.18 Å². The largest absolute Gasteiger partial charge is 0.451 e. The maximum Gasteiger partial charge on any atom is 0.348 e. The summed E-state index contributed by atoms with van der Waals surface area (Å²) in [6, 6.07) is 5.15. The van der Waals surface area contributed by atoms with Crippen LogP contribution in [0.25, 0.3) is 0 Å². The van der Waals surface area contributed by atoms with Crippen molar-refractivity contribution in [2.24, 2.45) is 0 Å². The summed E-state index contributed by atoms with van der Waals surface area (Å²) >= 11 is 13.5. The van der Waals surface area contributed by atoms with Crippen molar-refractivity contribution in [3.05, 3.63) is 48.2 Å². The SMILES string of the molecule is O=C(COC(=O)c1cc(Br)c(Br)s1)Nc1ccc(F)cc1Cl. The van der Waals surface area contributed by atoms with Crippen LogP contribution in [0.3, 0.4) is 0 Å². The van der Waals surface area contributed by atoms with Crippen LogP contribution >= 0.6 is 54.8 Å². The highest BCUT2D eigenvalue weighted by atomic mass is 79.9. The number of hydrogen-bond acceptors (Lipinski definition) is 4. The fourth-order valence-corrected chi connectivity index (χ4v) is 3.57. The highest BCUT2D eigenvalue weighted by Crippen LogP contribution is 2.32. The normalized spacial score (nSPS) is 10.4. The van der Waals surface area contributed by atoms with Crippen molar-refractivity contribution in [2.75, 3.05) is 11.9 Å². The van der Waals surface area contributed by atoms with Gasteiger partial charge in [0, 0.05) is 4.47 Å². The number of carbonyl (C=O) groups is 2. The van der Waals surface area contributed by atoms with Crippen LogP contribution in [0.4, 0.5) is 10.1 Å². The summed E-state index contributed by atoms with van der Waals surface area (Å²) in [5.41, 5.74) is 0.241. The molecule has 0 bridgehead atoms. The zero-order valence-corrected chi connectivity index (χ0v) is 15.4. The van der Waals surface area contributed by atoms with Crippen LogP contribution in [0.15, 0.2) is 32.5 Å². The molecule has 1 aromatic carbocycles. The molecular weight excluding hydrogens is 464 g/mol. The van der Waals surface area contributed by atoms with Crippen molar-refractivity contribution in [2.45, 2.75) is 0 Å². The summed E-state index contributed by atoms with van der Waals surface area (Å²) in [6.07, 6.45) is 0. The van der Waals surface area contributed by atoms with E-state index in [1.807, 2.05) is 0 Å². The predicted molar refractivity (Wildman–Crippen MR) is 90.0 cm³/mol. The molecule has 116 valence electrons. The lowest BCUT2D eigenvalue weighted by Gasteiger charge is -2.07. The first kappa shape index (κ1) is 17.4. The Hall–Kier alpha value is -0.960. The second-order valence-corrected chi connectivity index (χ2v) is 7.61. The molecule has 0 saturated heterocycles. The Bertz CT molecular complexity index is 719. The lowest BCUT2D eigenvalue weighted by molar-refractivity contribution is -0.119. The van der Waals surface area contributed by atoms with Gasteiger partial charge in [0.05, 0.1) is 14.5 Å².